The van der Waals surface area contributed by atoms with Gasteiger partial charge in [0, 0.05) is 23.1 Å². The molecule has 0 spiro atoms. The third kappa shape index (κ3) is 2.65. The fourth-order valence-corrected chi connectivity index (χ4v) is 2.54. The van der Waals surface area contributed by atoms with Gasteiger partial charge in [-0.25, -0.2) is 0 Å². The predicted octanol–water partition coefficient (Wildman–Crippen LogP) is 4.07. The number of carbonyl (C=O) groups is 1. The van der Waals surface area contributed by atoms with Crippen molar-refractivity contribution >= 4 is 11.9 Å². The van der Waals surface area contributed by atoms with Crippen molar-refractivity contribution in [3.05, 3.63) is 83.4 Å². The summed E-state index contributed by atoms with van der Waals surface area (Å²) in [5, 5.41) is 0. The van der Waals surface area contributed by atoms with Crippen LogP contribution in [0.5, 0.6) is 5.75 Å². The second-order valence-electron chi connectivity index (χ2n) is 4.97. The number of allylic oxidation sites excluding steroid dienone is 1. The highest BCUT2D eigenvalue weighted by molar-refractivity contribution is 6.15. The van der Waals surface area contributed by atoms with Crippen molar-refractivity contribution in [2.75, 3.05) is 6.61 Å². The highest BCUT2D eigenvalue weighted by Crippen LogP contribution is 2.29. The van der Waals surface area contributed by atoms with E-state index in [1.54, 1.807) is 6.08 Å². The van der Waals surface area contributed by atoms with Crippen molar-refractivity contribution in [3.8, 4) is 5.75 Å². The molecule has 0 atom stereocenters. The Morgan fingerprint density at radius 3 is 2.67 bits per heavy atom. The van der Waals surface area contributed by atoms with Crippen LogP contribution in [0.1, 0.15) is 21.5 Å². The summed E-state index contributed by atoms with van der Waals surface area (Å²) in [6.07, 6.45) is 4.33. The van der Waals surface area contributed by atoms with E-state index in [1.807, 2.05) is 54.6 Å². The molecule has 0 aliphatic heterocycles. The Morgan fingerprint density at radius 2 is 1.86 bits per heavy atom. The lowest BCUT2D eigenvalue weighted by molar-refractivity contribution is 0.104. The van der Waals surface area contributed by atoms with E-state index < -0.39 is 0 Å². The lowest BCUT2D eigenvalue weighted by Crippen LogP contribution is -1.97. The van der Waals surface area contributed by atoms with Gasteiger partial charge in [-0.1, -0.05) is 55.1 Å². The van der Waals surface area contributed by atoms with Crippen LogP contribution in [-0.2, 0) is 6.42 Å². The average Bonchev–Trinajstić information content (AvgIpc) is 2.83. The largest absolute Gasteiger partial charge is 0.489 e. The van der Waals surface area contributed by atoms with Crippen LogP contribution in [0.4, 0.5) is 0 Å². The molecular formula is C19H16O2. The number of ketones is 1. The van der Waals surface area contributed by atoms with Gasteiger partial charge >= 0.3 is 0 Å². The molecule has 2 aromatic rings. The van der Waals surface area contributed by atoms with Gasteiger partial charge in [0.15, 0.2) is 5.78 Å². The standard InChI is InChI=1S/C19H16O2/c1-2-11-21-18-10-6-4-8-15(18)13-16-12-14-7-3-5-9-17(14)19(16)20/h2-10,13H,1,11-12H2/b16-13+. The minimum atomic E-state index is 0.115. The molecule has 2 aromatic carbocycles. The van der Waals surface area contributed by atoms with Crippen molar-refractivity contribution in [1.29, 1.82) is 0 Å². The van der Waals surface area contributed by atoms with Crippen LogP contribution in [0.3, 0.4) is 0 Å². The number of Topliss-reactive ketones (excluding diaryl/α,β-unsaturated/α-hetero) is 1. The molecule has 2 nitrogen and oxygen atoms in total. The first-order valence-electron chi connectivity index (χ1n) is 6.95. The van der Waals surface area contributed by atoms with Gasteiger partial charge < -0.3 is 4.74 Å². The highest BCUT2D eigenvalue weighted by atomic mass is 16.5. The van der Waals surface area contributed by atoms with E-state index in [9.17, 15) is 4.79 Å². The van der Waals surface area contributed by atoms with Gasteiger partial charge in [-0.3, -0.25) is 4.79 Å². The summed E-state index contributed by atoms with van der Waals surface area (Å²) in [6.45, 7) is 4.11. The molecule has 1 aliphatic rings. The lowest BCUT2D eigenvalue weighted by atomic mass is 10.1. The van der Waals surface area contributed by atoms with Gasteiger partial charge in [-0.15, -0.1) is 0 Å². The van der Waals surface area contributed by atoms with Crippen LogP contribution >= 0.6 is 0 Å². The Hall–Kier alpha value is -2.61. The molecule has 0 saturated heterocycles. The maximum absolute atomic E-state index is 12.4. The van der Waals surface area contributed by atoms with Crippen molar-refractivity contribution in [2.24, 2.45) is 0 Å². The second-order valence-corrected chi connectivity index (χ2v) is 4.97. The van der Waals surface area contributed by atoms with E-state index in [4.69, 9.17) is 4.74 Å². The summed E-state index contributed by atoms with van der Waals surface area (Å²) in [5.74, 6) is 0.887. The van der Waals surface area contributed by atoms with E-state index in [0.29, 0.717) is 13.0 Å². The first kappa shape index (κ1) is 13.4. The summed E-state index contributed by atoms with van der Waals surface area (Å²) < 4.78 is 5.63. The highest BCUT2D eigenvalue weighted by Gasteiger charge is 2.24. The molecule has 2 heteroatoms. The average molecular weight is 276 g/mol. The van der Waals surface area contributed by atoms with E-state index in [-0.39, 0.29) is 5.78 Å². The molecule has 1 aliphatic carbocycles. The van der Waals surface area contributed by atoms with Crippen molar-refractivity contribution < 1.29 is 9.53 Å². The Bertz CT molecular complexity index is 726. The molecular weight excluding hydrogens is 260 g/mol. The monoisotopic (exact) mass is 276 g/mol. The van der Waals surface area contributed by atoms with Gasteiger partial charge in [0.1, 0.15) is 12.4 Å². The number of ether oxygens (including phenoxy) is 1. The Morgan fingerprint density at radius 1 is 1.10 bits per heavy atom. The van der Waals surface area contributed by atoms with Crippen molar-refractivity contribution in [2.45, 2.75) is 6.42 Å². The molecule has 0 unspecified atom stereocenters. The topological polar surface area (TPSA) is 26.3 Å². The third-order valence-electron chi connectivity index (χ3n) is 3.54. The minimum Gasteiger partial charge on any atom is -0.489 e. The van der Waals surface area contributed by atoms with Gasteiger partial charge in [0.25, 0.3) is 0 Å². The van der Waals surface area contributed by atoms with Crippen LogP contribution in [-0.4, -0.2) is 12.4 Å². The number of fused-ring (bicyclic) bond motifs is 1. The second kappa shape index (κ2) is 5.80. The van der Waals surface area contributed by atoms with E-state index >= 15 is 0 Å². The summed E-state index contributed by atoms with van der Waals surface area (Å²) in [6, 6.07) is 15.5. The SMILES string of the molecule is C=CCOc1ccccc1/C=C1\Cc2ccccc2C1=O. The Labute approximate surface area is 124 Å². The molecule has 0 saturated carbocycles. The molecule has 21 heavy (non-hydrogen) atoms. The molecule has 104 valence electrons. The fourth-order valence-electron chi connectivity index (χ4n) is 2.54. The first-order chi connectivity index (χ1) is 10.3. The number of benzene rings is 2. The van der Waals surface area contributed by atoms with Crippen LogP contribution in [0.2, 0.25) is 0 Å². The summed E-state index contributed by atoms with van der Waals surface area (Å²) in [7, 11) is 0. The van der Waals surface area contributed by atoms with E-state index in [0.717, 1.165) is 28.0 Å². The molecule has 0 heterocycles. The minimum absolute atomic E-state index is 0.115. The van der Waals surface area contributed by atoms with Gasteiger partial charge in [-0.05, 0) is 17.7 Å². The van der Waals surface area contributed by atoms with Crippen LogP contribution in [0.15, 0.2) is 66.8 Å². The molecule has 3 rings (SSSR count). The van der Waals surface area contributed by atoms with Crippen LogP contribution in [0, 0.1) is 0 Å². The number of hydrogen-bond acceptors (Lipinski definition) is 2. The number of rotatable bonds is 4. The Kier molecular flexibility index (Phi) is 3.69. The first-order valence-corrected chi connectivity index (χ1v) is 6.95. The van der Waals surface area contributed by atoms with Gasteiger partial charge in [-0.2, -0.15) is 0 Å². The maximum atomic E-state index is 12.4. The fraction of sp³-hybridized carbons (Fsp3) is 0.105. The van der Waals surface area contributed by atoms with Crippen molar-refractivity contribution in [1.82, 2.24) is 0 Å². The third-order valence-corrected chi connectivity index (χ3v) is 3.54. The zero-order valence-corrected chi connectivity index (χ0v) is 11.7. The van der Waals surface area contributed by atoms with Gasteiger partial charge in [0.05, 0.1) is 0 Å². The molecule has 0 bridgehead atoms. The normalized spacial score (nSPS) is 15.0. The molecule has 0 radical (unpaired) electrons. The summed E-state index contributed by atoms with van der Waals surface area (Å²) in [4.78, 5) is 12.4. The maximum Gasteiger partial charge on any atom is 0.189 e. The van der Waals surface area contributed by atoms with Gasteiger partial charge in [0.2, 0.25) is 0 Å². The molecule has 0 fully saturated rings. The smallest absolute Gasteiger partial charge is 0.189 e. The molecule has 0 aromatic heterocycles. The van der Waals surface area contributed by atoms with E-state index in [2.05, 4.69) is 6.58 Å². The zero-order chi connectivity index (χ0) is 14.7. The zero-order valence-electron chi connectivity index (χ0n) is 11.7. The van der Waals surface area contributed by atoms with Crippen LogP contribution in [0.25, 0.3) is 6.08 Å². The van der Waals surface area contributed by atoms with Crippen molar-refractivity contribution in [3.63, 3.8) is 0 Å². The Balaban J connectivity index is 1.94. The summed E-state index contributed by atoms with van der Waals surface area (Å²) >= 11 is 0. The number of carbonyl (C=O) groups excluding carboxylic acids is 1. The molecule has 0 N–H and O–H groups in total. The van der Waals surface area contributed by atoms with E-state index in [1.165, 1.54) is 0 Å². The molecule has 0 amide bonds. The number of para-hydroxylation sites is 1. The predicted molar refractivity (Wildman–Crippen MR) is 84.6 cm³/mol. The quantitative estimate of drug-likeness (QED) is 0.621. The van der Waals surface area contributed by atoms with Crippen LogP contribution < -0.4 is 4.74 Å². The lowest BCUT2D eigenvalue weighted by Gasteiger charge is -2.07. The summed E-state index contributed by atoms with van der Waals surface area (Å²) in [5.41, 5.74) is 3.65. The number of hydrogen-bond donors (Lipinski definition) is 0.